The Morgan fingerprint density at radius 3 is 1.56 bits per heavy atom. The molecule has 0 bridgehead atoms. The fraction of sp³-hybridized carbons (Fsp3) is 0.541. The number of aliphatic imine (C=N–C) groups is 1. The summed E-state index contributed by atoms with van der Waals surface area (Å²) in [6, 6.07) is -3.17. The molecule has 0 spiro atoms. The molecule has 0 radical (unpaired) electrons. The molecule has 38 heteroatoms. The Balaban J connectivity index is 1.63. The van der Waals surface area contributed by atoms with Crippen molar-refractivity contribution in [2.75, 3.05) is 37.7 Å². The lowest BCUT2D eigenvalue weighted by Gasteiger charge is -2.30. The molecule has 12 amide bonds. The zero-order valence-corrected chi connectivity index (χ0v) is 55.9. The standard InChI is InChI=1S/C61H88N16O20S2/c1-32(79)67-43(29-78)57(94)71-38(18-21-47(81)82)53(90)68-37(12-7-25-66-61(64)65)52(89)73-41(27-33-9-3-2-4-10-33)56(93)74-42(28-34-14-16-35(80)17-15-34)55(92)70-39(19-22-48(83)84)54(91)75-45-31-99-98-30-44(76-59(45)96)58(95)69-36(11-5-6-24-62)51(88)72-40(20-23-49(85)86)60(97)77-26-8-13-46(77)50(63)87/h2-4,9-10,14-17,36-46,78,80H,5-8,11-13,18-31,62H2,1H3,(H2,63,87)(H,67,79)(H,68,90)(H,69,95)(H,70,92)(H,71,94)(H,72,88)(H,73,89)(H,74,93)(H,75,91)(H,76,96)(H,81,82)(H,83,84)(H,85,86)(H4,64,65,66)/t36-,37-,38-,39-,40-,41-,42-,43-,44-,45-,46-/m0/s1. The van der Waals surface area contributed by atoms with Crippen LogP contribution < -0.4 is 76.1 Å². The summed E-state index contributed by atoms with van der Waals surface area (Å²) in [5, 5.41) is 73.5. The molecule has 0 unspecified atom stereocenters. The molecule has 0 saturated carbocycles. The Labute approximate surface area is 576 Å². The van der Waals surface area contributed by atoms with Crippen LogP contribution in [0.5, 0.6) is 5.75 Å². The van der Waals surface area contributed by atoms with Gasteiger partial charge in [-0.3, -0.25) is 76.9 Å². The predicted molar refractivity (Wildman–Crippen MR) is 356 cm³/mol. The number of benzene rings is 2. The number of phenols is 1. The number of aliphatic hydroxyl groups excluding tert-OH is 1. The normalized spacial score (nSPS) is 17.5. The van der Waals surface area contributed by atoms with Gasteiger partial charge in [-0.2, -0.15) is 0 Å². The van der Waals surface area contributed by atoms with Crippen molar-refractivity contribution in [3.8, 4) is 5.75 Å². The summed E-state index contributed by atoms with van der Waals surface area (Å²) in [7, 11) is 2.13. The van der Waals surface area contributed by atoms with Gasteiger partial charge in [0.2, 0.25) is 70.9 Å². The van der Waals surface area contributed by atoms with Crippen LogP contribution in [0.3, 0.4) is 0 Å². The van der Waals surface area contributed by atoms with Crippen molar-refractivity contribution >= 4 is 116 Å². The lowest BCUT2D eigenvalue weighted by molar-refractivity contribution is -0.142. The number of rotatable bonds is 41. The van der Waals surface area contributed by atoms with E-state index in [4.69, 9.17) is 22.9 Å². The number of nitrogens with one attached hydrogen (secondary N) is 10. The van der Waals surface area contributed by atoms with Crippen molar-refractivity contribution in [1.29, 1.82) is 0 Å². The number of guanidine groups is 1. The van der Waals surface area contributed by atoms with Gasteiger partial charge in [0.25, 0.3) is 0 Å². The van der Waals surface area contributed by atoms with Crippen molar-refractivity contribution in [3.05, 3.63) is 65.7 Å². The van der Waals surface area contributed by atoms with Crippen molar-refractivity contribution < 1.29 is 97.5 Å². The molecule has 11 atom stereocenters. The van der Waals surface area contributed by atoms with Crippen LogP contribution in [0, 0.1) is 0 Å². The number of carbonyl (C=O) groups is 15. The van der Waals surface area contributed by atoms with Gasteiger partial charge in [-0.1, -0.05) is 64.1 Å². The molecule has 0 aliphatic carbocycles. The molecule has 2 aromatic rings. The highest BCUT2D eigenvalue weighted by atomic mass is 33.1. The Morgan fingerprint density at radius 2 is 1.04 bits per heavy atom. The largest absolute Gasteiger partial charge is 0.508 e. The Morgan fingerprint density at radius 1 is 0.576 bits per heavy atom. The van der Waals surface area contributed by atoms with Crippen LogP contribution in [0.4, 0.5) is 0 Å². The average Bonchev–Trinajstić information content (AvgIpc) is 1.82. The van der Waals surface area contributed by atoms with Crippen molar-refractivity contribution in [2.24, 2.45) is 27.9 Å². The number of aliphatic carboxylic acids is 3. The number of nitrogens with two attached hydrogens (primary N) is 4. The maximum atomic E-state index is 14.8. The van der Waals surface area contributed by atoms with E-state index in [0.717, 1.165) is 28.5 Å². The van der Waals surface area contributed by atoms with Gasteiger partial charge >= 0.3 is 17.9 Å². The third-order valence-electron chi connectivity index (χ3n) is 15.5. The van der Waals surface area contributed by atoms with Gasteiger partial charge < -0.3 is 107 Å². The summed E-state index contributed by atoms with van der Waals surface area (Å²) in [6.45, 7) is 0.352. The van der Waals surface area contributed by atoms with E-state index in [0.29, 0.717) is 24.0 Å². The van der Waals surface area contributed by atoms with E-state index in [2.05, 4.69) is 58.2 Å². The van der Waals surface area contributed by atoms with E-state index in [9.17, 15) is 97.5 Å². The van der Waals surface area contributed by atoms with Crippen LogP contribution >= 0.6 is 21.6 Å². The summed E-state index contributed by atoms with van der Waals surface area (Å²) in [5.41, 5.74) is 23.0. The van der Waals surface area contributed by atoms with Gasteiger partial charge in [0, 0.05) is 63.6 Å². The molecule has 2 heterocycles. The quantitative estimate of drug-likeness (QED) is 0.0128. The monoisotopic (exact) mass is 1430 g/mol. The van der Waals surface area contributed by atoms with Gasteiger partial charge in [0.1, 0.15) is 72.2 Å². The number of hydrogen-bond acceptors (Lipinski definition) is 21. The van der Waals surface area contributed by atoms with E-state index in [1.807, 2.05) is 0 Å². The lowest BCUT2D eigenvalue weighted by atomic mass is 10.0. The van der Waals surface area contributed by atoms with Gasteiger partial charge in [-0.25, -0.2) is 0 Å². The third-order valence-corrected chi connectivity index (χ3v) is 17.9. The molecule has 2 aromatic carbocycles. The molecule has 36 nitrogen and oxygen atoms in total. The third kappa shape index (κ3) is 29.0. The Kier molecular flexibility index (Phi) is 34.7. The minimum absolute atomic E-state index is 0.00614. The molecular weight excluding hydrogens is 1340 g/mol. The second kappa shape index (κ2) is 42.1. The Hall–Kier alpha value is -9.82. The molecule has 2 aliphatic rings. The van der Waals surface area contributed by atoms with Crippen LogP contribution in [-0.2, 0) is 84.8 Å². The SMILES string of the molecule is CC(=O)N[C@@H](CO)C(=O)N[C@@H](CCC(=O)O)C(=O)N[C@@H](CCCN=C(N)N)C(=O)N[C@@H](Cc1ccccc1)C(=O)N[C@@H](Cc1ccc(O)cc1)C(=O)N[C@@H](CCC(=O)O)C(=O)N[C@H]1CSSC[C@@H](C(=O)N[C@@H](CCCCN)C(=O)N[C@@H](CCC(=O)O)C(=O)N2CCC[C@H]2C(N)=O)NC1=O. The molecule has 99 heavy (non-hydrogen) atoms. The topological polar surface area (TPSA) is 597 Å². The number of phenolic OH excluding ortho intramolecular Hbond substituents is 1. The molecule has 544 valence electrons. The number of aromatic hydroxyl groups is 1. The molecular formula is C61H88N16O20S2. The maximum Gasteiger partial charge on any atom is 0.303 e. The number of unbranched alkanes of at least 4 members (excludes halogenated alkanes) is 1. The van der Waals surface area contributed by atoms with Crippen LogP contribution in [0.15, 0.2) is 59.6 Å². The summed E-state index contributed by atoms with van der Waals surface area (Å²) in [4.78, 5) is 206. The van der Waals surface area contributed by atoms with E-state index < -0.39 is 194 Å². The minimum Gasteiger partial charge on any atom is -0.508 e. The summed E-state index contributed by atoms with van der Waals surface area (Å²) < 4.78 is 0. The first kappa shape index (κ1) is 81.6. The van der Waals surface area contributed by atoms with Gasteiger partial charge in [0.05, 0.1) is 6.61 Å². The second-order valence-corrected chi connectivity index (χ2v) is 25.8. The zero-order chi connectivity index (χ0) is 73.3. The highest BCUT2D eigenvalue weighted by Crippen LogP contribution is 2.26. The first-order chi connectivity index (χ1) is 47.0. The maximum absolute atomic E-state index is 14.8. The first-order valence-electron chi connectivity index (χ1n) is 31.7. The summed E-state index contributed by atoms with van der Waals surface area (Å²) in [5.74, 6) is -16.3. The molecule has 2 saturated heterocycles. The number of likely N-dealkylation sites (tertiary alicyclic amines) is 1. The van der Waals surface area contributed by atoms with Crippen molar-refractivity contribution in [3.63, 3.8) is 0 Å². The van der Waals surface area contributed by atoms with Crippen LogP contribution in [-0.4, -0.2) is 229 Å². The minimum atomic E-state index is -1.76. The summed E-state index contributed by atoms with van der Waals surface area (Å²) in [6.07, 6.45) is -3.16. The van der Waals surface area contributed by atoms with E-state index in [-0.39, 0.29) is 94.2 Å². The molecule has 23 N–H and O–H groups in total. The molecule has 2 aliphatic heterocycles. The number of hydrogen-bond donors (Lipinski definition) is 19. The van der Waals surface area contributed by atoms with Gasteiger partial charge in [-0.15, -0.1) is 0 Å². The lowest BCUT2D eigenvalue weighted by Crippen LogP contribution is -2.62. The van der Waals surface area contributed by atoms with E-state index in [1.165, 1.54) is 29.2 Å². The molecule has 2 fully saturated rings. The number of primary amides is 1. The number of amides is 12. The van der Waals surface area contributed by atoms with E-state index in [1.54, 1.807) is 30.3 Å². The second-order valence-electron chi connectivity index (χ2n) is 23.2. The number of aliphatic hydroxyl groups is 1. The molecule has 0 aromatic heterocycles. The number of nitrogens with zero attached hydrogens (tertiary/aromatic N) is 2. The van der Waals surface area contributed by atoms with Crippen LogP contribution in [0.2, 0.25) is 0 Å². The highest BCUT2D eigenvalue weighted by Gasteiger charge is 2.40. The average molecular weight is 1430 g/mol. The zero-order valence-electron chi connectivity index (χ0n) is 54.3. The van der Waals surface area contributed by atoms with Crippen molar-refractivity contribution in [1.82, 2.24) is 58.1 Å². The van der Waals surface area contributed by atoms with Gasteiger partial charge in [0.15, 0.2) is 5.96 Å². The van der Waals surface area contributed by atoms with Crippen LogP contribution in [0.25, 0.3) is 0 Å². The fourth-order valence-corrected chi connectivity index (χ4v) is 12.6. The number of carboxylic acid groups (broad SMARTS) is 3. The predicted octanol–water partition coefficient (Wildman–Crippen LogP) is -5.31. The van der Waals surface area contributed by atoms with Crippen molar-refractivity contribution in [2.45, 2.75) is 170 Å². The number of carboxylic acids is 3. The highest BCUT2D eigenvalue weighted by molar-refractivity contribution is 8.76. The summed E-state index contributed by atoms with van der Waals surface area (Å²) >= 11 is 0. The van der Waals surface area contributed by atoms with E-state index >= 15 is 0 Å². The van der Waals surface area contributed by atoms with Gasteiger partial charge in [-0.05, 0) is 94.0 Å². The first-order valence-corrected chi connectivity index (χ1v) is 34.2. The fourth-order valence-electron chi connectivity index (χ4n) is 10.3. The molecule has 4 rings (SSSR count). The Bertz CT molecular complexity index is 3200. The van der Waals surface area contributed by atoms with Crippen LogP contribution in [0.1, 0.15) is 102 Å². The number of carbonyl (C=O) groups excluding carboxylic acids is 12. The smallest absolute Gasteiger partial charge is 0.303 e.